The smallest absolute Gasteiger partial charge is 0.459 e. The molecule has 2 saturated carbocycles. The van der Waals surface area contributed by atoms with Crippen LogP contribution < -0.4 is 0 Å². The van der Waals surface area contributed by atoms with Crippen LogP contribution in [0.4, 0.5) is 39.9 Å². The van der Waals surface area contributed by atoms with Crippen LogP contribution in [0.15, 0.2) is 30.6 Å². The fraction of sp³-hybridized carbons (Fsp3) is 0.500. The maximum absolute atomic E-state index is 14.2. The molecule has 2 heterocycles. The first-order chi connectivity index (χ1) is 24.4. The minimum Gasteiger partial charge on any atom is -0.459 e. The fourth-order valence-corrected chi connectivity index (χ4v) is 5.43. The van der Waals surface area contributed by atoms with Crippen LogP contribution >= 0.6 is 11.6 Å². The van der Waals surface area contributed by atoms with Gasteiger partial charge in [-0.1, -0.05) is 17.7 Å². The summed E-state index contributed by atoms with van der Waals surface area (Å²) in [6.07, 6.45) is -10.3. The van der Waals surface area contributed by atoms with Gasteiger partial charge in [-0.25, -0.2) is 14.2 Å². The summed E-state index contributed by atoms with van der Waals surface area (Å²) in [4.78, 5) is 39.9. The van der Waals surface area contributed by atoms with E-state index >= 15 is 0 Å². The number of halogens is 9. The van der Waals surface area contributed by atoms with Gasteiger partial charge >= 0.3 is 30.4 Å². The molecule has 0 saturated heterocycles. The second-order valence-corrected chi connectivity index (χ2v) is 14.0. The number of nitrogens with zero attached hydrogens (tertiary/aromatic N) is 6. The van der Waals surface area contributed by atoms with Gasteiger partial charge in [0.15, 0.2) is 18.2 Å². The number of aryl methyl sites for hydroxylation is 1. The molecule has 12 nitrogen and oxygen atoms in total. The van der Waals surface area contributed by atoms with Crippen molar-refractivity contribution in [3.05, 3.63) is 52.4 Å². The van der Waals surface area contributed by atoms with Gasteiger partial charge in [0.1, 0.15) is 28.7 Å². The monoisotopic (exact) mass is 780 g/mol. The zero-order valence-corrected chi connectivity index (χ0v) is 28.9. The number of alkyl halides is 8. The van der Waals surface area contributed by atoms with Gasteiger partial charge in [-0.05, 0) is 64.2 Å². The SMILES string of the molecule is Cn1nc(C(F)(F)C(F)(F)F)c(C(F)(F)F)c1-n1cc(-c2ccc(Cl)c(C(=O)N(COC(=O)OCC3(C(=O)OC(C)(C)C)CC3)C3(C#N)CC3)c2)cn1. The van der Waals surface area contributed by atoms with E-state index in [0.717, 1.165) is 24.3 Å². The highest BCUT2D eigenvalue weighted by atomic mass is 35.5. The Hall–Kier alpha value is -4.93. The number of carbonyl (C=O) groups excluding carboxylic acids is 3. The predicted octanol–water partition coefficient (Wildman–Crippen LogP) is 7.33. The Kier molecular flexibility index (Phi) is 9.77. The molecular weight excluding hydrogens is 752 g/mol. The highest BCUT2D eigenvalue weighted by Crippen LogP contribution is 2.50. The van der Waals surface area contributed by atoms with E-state index in [0.29, 0.717) is 17.5 Å². The third kappa shape index (κ3) is 7.75. The number of rotatable bonds is 10. The van der Waals surface area contributed by atoms with Crippen molar-refractivity contribution < 1.29 is 63.7 Å². The summed E-state index contributed by atoms with van der Waals surface area (Å²) >= 11 is 6.33. The molecule has 0 bridgehead atoms. The van der Waals surface area contributed by atoms with Crippen LogP contribution in [0.1, 0.15) is 68.1 Å². The molecule has 286 valence electrons. The molecule has 2 aliphatic rings. The second kappa shape index (κ2) is 13.2. The van der Waals surface area contributed by atoms with E-state index in [1.165, 1.54) is 18.2 Å². The highest BCUT2D eigenvalue weighted by molar-refractivity contribution is 6.34. The van der Waals surface area contributed by atoms with Crippen LogP contribution in [0.25, 0.3) is 16.9 Å². The van der Waals surface area contributed by atoms with Gasteiger partial charge in [0, 0.05) is 18.8 Å². The molecule has 1 amide bonds. The van der Waals surface area contributed by atoms with Crippen molar-refractivity contribution >= 4 is 29.6 Å². The second-order valence-electron chi connectivity index (χ2n) is 13.6. The zero-order valence-electron chi connectivity index (χ0n) is 28.2. The number of esters is 1. The molecule has 0 atom stereocenters. The van der Waals surface area contributed by atoms with Crippen molar-refractivity contribution in [2.45, 2.75) is 75.9 Å². The normalized spacial score (nSPS) is 16.4. The molecule has 3 aromatic rings. The molecule has 1 aromatic carbocycles. The van der Waals surface area contributed by atoms with Gasteiger partial charge in [0.2, 0.25) is 0 Å². The Balaban J connectivity index is 1.38. The standard InChI is InChI=1S/C32H29ClF8N6O6/c1-27(2,3)53-25(49)28(7-8-28)15-51-26(50)52-16-46(29(14-42)9-10-29)24(48)19-11-17(5-6-20(19)33)18-12-43-47(13-18)23-21(31(36,37)38)22(44-45(23)4)30(34,35)32(39,40)41/h5-6,11-13H,7-10,15-16H2,1-4H3. The highest BCUT2D eigenvalue weighted by Gasteiger charge is 2.64. The fourth-order valence-electron chi connectivity index (χ4n) is 5.23. The van der Waals surface area contributed by atoms with E-state index in [4.69, 9.17) is 25.8 Å². The topological polar surface area (TPSA) is 142 Å². The Morgan fingerprint density at radius 1 is 1.00 bits per heavy atom. The van der Waals surface area contributed by atoms with E-state index in [9.17, 15) is 54.8 Å². The van der Waals surface area contributed by atoms with Gasteiger partial charge < -0.3 is 14.2 Å². The maximum Gasteiger partial charge on any atom is 0.510 e. The molecule has 53 heavy (non-hydrogen) atoms. The quantitative estimate of drug-likeness (QED) is 0.117. The number of hydrogen-bond acceptors (Lipinski definition) is 9. The molecule has 2 aliphatic carbocycles. The van der Waals surface area contributed by atoms with Crippen LogP contribution in [0, 0.1) is 16.7 Å². The van der Waals surface area contributed by atoms with Crippen LogP contribution in [0.2, 0.25) is 5.02 Å². The summed E-state index contributed by atoms with van der Waals surface area (Å²) in [6, 6.07) is 5.69. The van der Waals surface area contributed by atoms with Crippen LogP contribution in [-0.4, -0.2) is 73.1 Å². The summed E-state index contributed by atoms with van der Waals surface area (Å²) in [7, 11) is 0.724. The lowest BCUT2D eigenvalue weighted by Crippen LogP contribution is -2.43. The number of ether oxygens (including phenoxy) is 3. The van der Waals surface area contributed by atoms with Crippen LogP contribution in [0.5, 0.6) is 0 Å². The van der Waals surface area contributed by atoms with Gasteiger partial charge in [0.25, 0.3) is 5.91 Å². The number of amides is 1. The Morgan fingerprint density at radius 2 is 1.64 bits per heavy atom. The lowest BCUT2D eigenvalue weighted by atomic mass is 10.0. The molecule has 0 aliphatic heterocycles. The third-order valence-corrected chi connectivity index (χ3v) is 8.77. The minimum atomic E-state index is -6.40. The predicted molar refractivity (Wildman–Crippen MR) is 164 cm³/mol. The first kappa shape index (κ1) is 39.3. The summed E-state index contributed by atoms with van der Waals surface area (Å²) < 4.78 is 126. The van der Waals surface area contributed by atoms with E-state index < -0.39 is 76.7 Å². The summed E-state index contributed by atoms with van der Waals surface area (Å²) in [5, 5.41) is 16.3. The molecule has 21 heteroatoms. The average Bonchev–Trinajstić information content (AvgIpc) is 3.93. The van der Waals surface area contributed by atoms with E-state index in [2.05, 4.69) is 10.2 Å². The van der Waals surface area contributed by atoms with Crippen molar-refractivity contribution in [3.8, 4) is 23.0 Å². The van der Waals surface area contributed by atoms with Gasteiger partial charge in [-0.2, -0.15) is 50.6 Å². The number of carbonyl (C=O) groups is 3. The largest absolute Gasteiger partial charge is 0.510 e. The number of hydrogen-bond donors (Lipinski definition) is 0. The first-order valence-corrected chi connectivity index (χ1v) is 15.9. The zero-order chi connectivity index (χ0) is 39.5. The van der Waals surface area contributed by atoms with Crippen molar-refractivity contribution in [1.29, 1.82) is 5.26 Å². The minimum absolute atomic E-state index is 0.0408. The summed E-state index contributed by atoms with van der Waals surface area (Å²) in [6.45, 7) is 3.91. The maximum atomic E-state index is 14.2. The lowest BCUT2D eigenvalue weighted by molar-refractivity contribution is -0.292. The number of aromatic nitrogens is 4. The van der Waals surface area contributed by atoms with Crippen LogP contribution in [0.3, 0.4) is 0 Å². The molecule has 0 unspecified atom stereocenters. The molecule has 2 aromatic heterocycles. The molecule has 0 N–H and O–H groups in total. The van der Waals surface area contributed by atoms with Crippen molar-refractivity contribution in [1.82, 2.24) is 24.5 Å². The van der Waals surface area contributed by atoms with Crippen molar-refractivity contribution in [3.63, 3.8) is 0 Å². The number of nitriles is 1. The van der Waals surface area contributed by atoms with E-state index in [1.54, 1.807) is 20.8 Å². The van der Waals surface area contributed by atoms with E-state index in [-0.39, 0.29) is 45.8 Å². The molecular formula is C32H29ClF8N6O6. The van der Waals surface area contributed by atoms with Crippen molar-refractivity contribution in [2.24, 2.45) is 12.5 Å². The van der Waals surface area contributed by atoms with Crippen LogP contribution in [-0.2, 0) is 38.2 Å². The van der Waals surface area contributed by atoms with E-state index in [1.807, 2.05) is 6.07 Å². The van der Waals surface area contributed by atoms with Gasteiger partial charge in [0.05, 0.1) is 22.9 Å². The Labute approximate surface area is 300 Å². The van der Waals surface area contributed by atoms with Gasteiger partial charge in [-0.15, -0.1) is 0 Å². The third-order valence-electron chi connectivity index (χ3n) is 8.44. The molecule has 5 rings (SSSR count). The molecule has 0 spiro atoms. The lowest BCUT2D eigenvalue weighted by Gasteiger charge is -2.27. The molecule has 0 radical (unpaired) electrons. The first-order valence-electron chi connectivity index (χ1n) is 15.6. The molecule has 2 fully saturated rings. The van der Waals surface area contributed by atoms with Gasteiger partial charge in [-0.3, -0.25) is 14.5 Å². The van der Waals surface area contributed by atoms with Crippen molar-refractivity contribution in [2.75, 3.05) is 13.3 Å². The summed E-state index contributed by atoms with van der Waals surface area (Å²) in [5.41, 5.74) is -8.39. The Bertz CT molecular complexity index is 1990. The Morgan fingerprint density at radius 3 is 2.17 bits per heavy atom. The number of benzene rings is 1. The average molecular weight is 781 g/mol. The summed E-state index contributed by atoms with van der Waals surface area (Å²) in [5.74, 6) is -8.69.